The number of amides is 1. The second-order valence-electron chi connectivity index (χ2n) is 6.68. The number of hydrogen-bond acceptors (Lipinski definition) is 6. The third-order valence-electron chi connectivity index (χ3n) is 4.76. The second kappa shape index (κ2) is 8.66. The first-order valence-corrected chi connectivity index (χ1v) is 11.3. The summed E-state index contributed by atoms with van der Waals surface area (Å²) >= 11 is 7.17. The Morgan fingerprint density at radius 2 is 2.00 bits per heavy atom. The normalized spacial score (nSPS) is 15.6. The summed E-state index contributed by atoms with van der Waals surface area (Å²) in [6.07, 6.45) is 3.18. The summed E-state index contributed by atoms with van der Waals surface area (Å²) in [6, 6.07) is 8.27. The Morgan fingerprint density at radius 1 is 1.23 bits per heavy atom. The number of benzene rings is 1. The van der Waals surface area contributed by atoms with E-state index in [1.165, 1.54) is 39.9 Å². The number of nitrogens with zero attached hydrogens (tertiary/aromatic N) is 3. The maximum Gasteiger partial charge on any atom is 0.258 e. The third kappa shape index (κ3) is 4.45. The van der Waals surface area contributed by atoms with Crippen molar-refractivity contribution in [2.45, 2.75) is 25.3 Å². The van der Waals surface area contributed by atoms with Crippen molar-refractivity contribution in [2.24, 2.45) is 0 Å². The standard InChI is InChI=1S/C19H16ClFN4O3S2/c20-16-7-8-17(29-16)25(30(27)28)14-5-6-15-12(9-14)10-22-19(23-15)24-18(26)11-1-3-13(21)4-2-11/h1-4,7-8,10,14,30H,5-6,9H2,(H,22,23,24,26). The number of hydrogen-bond donors (Lipinski definition) is 2. The Hall–Kier alpha value is -2.56. The second-order valence-corrected chi connectivity index (χ2v) is 9.28. The van der Waals surface area contributed by atoms with E-state index < -0.39 is 22.6 Å². The molecule has 0 radical (unpaired) electrons. The van der Waals surface area contributed by atoms with E-state index in [0.717, 1.165) is 11.3 Å². The fourth-order valence-corrected chi connectivity index (χ4v) is 5.38. The van der Waals surface area contributed by atoms with Crippen molar-refractivity contribution >= 4 is 50.7 Å². The fraction of sp³-hybridized carbons (Fsp3) is 0.211. The Bertz CT molecular complexity index is 1160. The Kier molecular flexibility index (Phi) is 5.98. The van der Waals surface area contributed by atoms with Gasteiger partial charge in [0, 0.05) is 17.5 Å². The minimum absolute atomic E-state index is 0.151. The molecule has 1 aliphatic carbocycles. The predicted octanol–water partition coefficient (Wildman–Crippen LogP) is 3.47. The molecule has 0 spiro atoms. The lowest BCUT2D eigenvalue weighted by Gasteiger charge is -2.31. The van der Waals surface area contributed by atoms with Gasteiger partial charge < -0.3 is 0 Å². The third-order valence-corrected chi connectivity index (χ3v) is 7.02. The zero-order valence-corrected chi connectivity index (χ0v) is 17.9. The van der Waals surface area contributed by atoms with Crippen LogP contribution in [-0.4, -0.2) is 30.3 Å². The van der Waals surface area contributed by atoms with Crippen LogP contribution in [0.5, 0.6) is 0 Å². The van der Waals surface area contributed by atoms with E-state index in [0.29, 0.717) is 34.2 Å². The smallest absolute Gasteiger partial charge is 0.258 e. The Labute approximate surface area is 182 Å². The average Bonchev–Trinajstić information content (AvgIpc) is 3.14. The SMILES string of the molecule is O=C(Nc1ncc2c(n1)CCC(N(c1ccc(Cl)s1)[SH](=O)=O)C2)c1ccc(F)cc1. The molecule has 0 aliphatic heterocycles. The van der Waals surface area contributed by atoms with E-state index >= 15 is 0 Å². The molecule has 4 rings (SSSR count). The zero-order chi connectivity index (χ0) is 21.3. The van der Waals surface area contributed by atoms with Crippen molar-refractivity contribution < 1.29 is 17.6 Å². The number of fused-ring (bicyclic) bond motifs is 1. The highest BCUT2D eigenvalue weighted by atomic mass is 35.5. The summed E-state index contributed by atoms with van der Waals surface area (Å²) in [7, 11) is -2.82. The minimum Gasteiger partial charge on any atom is -0.290 e. The molecule has 1 amide bonds. The van der Waals surface area contributed by atoms with Crippen molar-refractivity contribution in [1.29, 1.82) is 0 Å². The van der Waals surface area contributed by atoms with Crippen molar-refractivity contribution in [3.63, 3.8) is 0 Å². The molecule has 7 nitrogen and oxygen atoms in total. The number of carbonyl (C=O) groups excluding carboxylic acids is 1. The van der Waals surface area contributed by atoms with Crippen LogP contribution in [0.4, 0.5) is 15.3 Å². The number of thiol groups is 1. The summed E-state index contributed by atoms with van der Waals surface area (Å²) in [4.78, 5) is 20.9. The molecule has 1 aromatic carbocycles. The van der Waals surface area contributed by atoms with Gasteiger partial charge in [0.05, 0.1) is 10.4 Å². The van der Waals surface area contributed by atoms with Gasteiger partial charge in [0.2, 0.25) is 16.8 Å². The maximum absolute atomic E-state index is 13.0. The van der Waals surface area contributed by atoms with Gasteiger partial charge in [0.15, 0.2) is 0 Å². The predicted molar refractivity (Wildman–Crippen MR) is 114 cm³/mol. The van der Waals surface area contributed by atoms with Crippen molar-refractivity contribution in [3.05, 3.63) is 69.6 Å². The summed E-state index contributed by atoms with van der Waals surface area (Å²) in [5, 5.41) is 3.18. The van der Waals surface area contributed by atoms with E-state index in [-0.39, 0.29) is 12.0 Å². The average molecular weight is 467 g/mol. The van der Waals surface area contributed by atoms with Crippen molar-refractivity contribution in [3.8, 4) is 0 Å². The molecule has 1 atom stereocenters. The van der Waals surface area contributed by atoms with Gasteiger partial charge in [-0.05, 0) is 61.2 Å². The van der Waals surface area contributed by atoms with Gasteiger partial charge in [0.25, 0.3) is 5.91 Å². The quantitative estimate of drug-likeness (QED) is 0.562. The molecular formula is C19H16ClFN4O3S2. The highest BCUT2D eigenvalue weighted by molar-refractivity contribution is 7.74. The van der Waals surface area contributed by atoms with Gasteiger partial charge in [0.1, 0.15) is 10.8 Å². The molecular weight excluding hydrogens is 451 g/mol. The van der Waals surface area contributed by atoms with Crippen LogP contribution in [0.25, 0.3) is 0 Å². The van der Waals surface area contributed by atoms with Crippen LogP contribution in [0.15, 0.2) is 42.6 Å². The molecule has 0 saturated heterocycles. The maximum atomic E-state index is 13.0. The highest BCUT2D eigenvalue weighted by Gasteiger charge is 2.28. The largest absolute Gasteiger partial charge is 0.290 e. The number of halogens is 2. The number of aryl methyl sites for hydroxylation is 1. The topological polar surface area (TPSA) is 92.3 Å². The minimum atomic E-state index is -2.82. The summed E-state index contributed by atoms with van der Waals surface area (Å²) in [5.41, 5.74) is 1.89. The van der Waals surface area contributed by atoms with E-state index in [1.807, 2.05) is 0 Å². The fourth-order valence-electron chi connectivity index (χ4n) is 3.35. The van der Waals surface area contributed by atoms with Gasteiger partial charge in [-0.25, -0.2) is 22.8 Å². The first kappa shape index (κ1) is 20.7. The van der Waals surface area contributed by atoms with Crippen LogP contribution in [0.3, 0.4) is 0 Å². The van der Waals surface area contributed by atoms with E-state index in [4.69, 9.17) is 11.6 Å². The Morgan fingerprint density at radius 3 is 2.67 bits per heavy atom. The van der Waals surface area contributed by atoms with Gasteiger partial charge >= 0.3 is 0 Å². The first-order valence-electron chi connectivity index (χ1n) is 9.01. The summed E-state index contributed by atoms with van der Waals surface area (Å²) in [5.74, 6) is -0.712. The van der Waals surface area contributed by atoms with Gasteiger partial charge in [-0.1, -0.05) is 11.6 Å². The summed E-state index contributed by atoms with van der Waals surface area (Å²) < 4.78 is 38.7. The lowest BCUT2D eigenvalue weighted by Crippen LogP contribution is -2.38. The molecule has 1 unspecified atom stereocenters. The molecule has 156 valence electrons. The van der Waals surface area contributed by atoms with Crippen LogP contribution in [0, 0.1) is 5.82 Å². The monoisotopic (exact) mass is 466 g/mol. The molecule has 2 heterocycles. The molecule has 30 heavy (non-hydrogen) atoms. The van der Waals surface area contributed by atoms with Gasteiger partial charge in [-0.3, -0.25) is 14.4 Å². The lowest BCUT2D eigenvalue weighted by atomic mass is 9.93. The molecule has 1 N–H and O–H groups in total. The number of carbonyl (C=O) groups is 1. The molecule has 11 heteroatoms. The van der Waals surface area contributed by atoms with Gasteiger partial charge in [-0.2, -0.15) is 0 Å². The van der Waals surface area contributed by atoms with E-state index in [9.17, 15) is 17.6 Å². The van der Waals surface area contributed by atoms with Crippen molar-refractivity contribution in [2.75, 3.05) is 9.62 Å². The summed E-state index contributed by atoms with van der Waals surface area (Å²) in [6.45, 7) is 0. The van der Waals surface area contributed by atoms with Crippen LogP contribution in [0.2, 0.25) is 4.34 Å². The van der Waals surface area contributed by atoms with Crippen LogP contribution in [0.1, 0.15) is 28.0 Å². The van der Waals surface area contributed by atoms with Crippen LogP contribution >= 0.6 is 22.9 Å². The lowest BCUT2D eigenvalue weighted by molar-refractivity contribution is 0.102. The van der Waals surface area contributed by atoms with Crippen LogP contribution in [-0.2, 0) is 23.7 Å². The molecule has 0 fully saturated rings. The number of anilines is 2. The number of nitrogens with one attached hydrogen (secondary N) is 1. The van der Waals surface area contributed by atoms with Crippen molar-refractivity contribution in [1.82, 2.24) is 9.97 Å². The zero-order valence-electron chi connectivity index (χ0n) is 15.4. The molecule has 1 aliphatic rings. The molecule has 0 bridgehead atoms. The van der Waals surface area contributed by atoms with E-state index in [1.54, 1.807) is 18.3 Å². The van der Waals surface area contributed by atoms with Gasteiger partial charge in [-0.15, -0.1) is 11.3 Å². The van der Waals surface area contributed by atoms with Crippen LogP contribution < -0.4 is 9.62 Å². The first-order chi connectivity index (χ1) is 14.4. The number of rotatable bonds is 5. The highest BCUT2D eigenvalue weighted by Crippen LogP contribution is 2.34. The Balaban J connectivity index is 1.50. The molecule has 0 saturated carbocycles. The molecule has 2 aromatic heterocycles. The number of aromatic nitrogens is 2. The number of thiophene rings is 1. The molecule has 3 aromatic rings. The van der Waals surface area contributed by atoms with E-state index in [2.05, 4.69) is 15.3 Å².